The molecule has 18 heavy (non-hydrogen) atoms. The van der Waals surface area contributed by atoms with Gasteiger partial charge in [0, 0.05) is 13.0 Å². The maximum atomic E-state index is 11.0. The first-order valence-corrected chi connectivity index (χ1v) is 6.83. The molecule has 2 rings (SSSR count). The van der Waals surface area contributed by atoms with E-state index >= 15 is 0 Å². The van der Waals surface area contributed by atoms with Gasteiger partial charge in [0.2, 0.25) is 5.91 Å². The molecule has 1 aliphatic rings. The molecule has 3 heteroatoms. The summed E-state index contributed by atoms with van der Waals surface area (Å²) in [4.78, 5) is 11.0. The van der Waals surface area contributed by atoms with Crippen molar-refractivity contribution in [3.05, 3.63) is 35.9 Å². The first-order valence-electron chi connectivity index (χ1n) is 6.83. The molecule has 1 aromatic carbocycles. The third kappa shape index (κ3) is 3.84. The van der Waals surface area contributed by atoms with Crippen LogP contribution in [0.3, 0.4) is 0 Å². The molecule has 0 unspecified atom stereocenters. The number of carbonyl (C=O) groups is 1. The fourth-order valence-corrected chi connectivity index (χ4v) is 2.72. The molecule has 98 valence electrons. The van der Waals surface area contributed by atoms with Crippen molar-refractivity contribution in [2.24, 2.45) is 0 Å². The minimum absolute atomic E-state index is 0.0180. The summed E-state index contributed by atoms with van der Waals surface area (Å²) in [7, 11) is 0. The maximum Gasteiger partial charge on any atom is 0.230 e. The number of nitrogens with one attached hydrogen (secondary N) is 2. The van der Waals surface area contributed by atoms with E-state index in [1.807, 2.05) is 0 Å². The summed E-state index contributed by atoms with van der Waals surface area (Å²) in [5.41, 5.74) is 7.31. The Bertz CT molecular complexity index is 377. The van der Waals surface area contributed by atoms with Crippen LogP contribution >= 0.6 is 0 Å². The average molecular weight is 246 g/mol. The van der Waals surface area contributed by atoms with Crippen LogP contribution in [0.15, 0.2) is 30.3 Å². The minimum atomic E-state index is -0.0180. The number of benzene rings is 1. The van der Waals surface area contributed by atoms with Crippen LogP contribution < -0.4 is 10.9 Å². The largest absolute Gasteiger partial charge is 0.292 e. The molecule has 1 aromatic rings. The number of rotatable bonds is 3. The Hall–Kier alpha value is -1.35. The average Bonchev–Trinajstić information content (AvgIpc) is 2.63. The highest BCUT2D eigenvalue weighted by Crippen LogP contribution is 2.31. The molecule has 0 aliphatic heterocycles. The lowest BCUT2D eigenvalue weighted by Gasteiger charge is -2.21. The number of hydrogen-bond donors (Lipinski definition) is 2. The Morgan fingerprint density at radius 3 is 2.61 bits per heavy atom. The second kappa shape index (κ2) is 6.55. The van der Waals surface area contributed by atoms with Gasteiger partial charge < -0.3 is 0 Å². The zero-order valence-electron chi connectivity index (χ0n) is 11.0. The van der Waals surface area contributed by atoms with Crippen molar-refractivity contribution in [2.45, 2.75) is 51.0 Å². The number of carbonyl (C=O) groups excluding carboxylic acids is 1. The molecule has 1 aliphatic carbocycles. The van der Waals surface area contributed by atoms with E-state index in [1.54, 1.807) is 6.92 Å². The molecule has 3 nitrogen and oxygen atoms in total. The second-order valence-corrected chi connectivity index (χ2v) is 5.15. The van der Waals surface area contributed by atoms with Crippen LogP contribution in [0.5, 0.6) is 0 Å². The van der Waals surface area contributed by atoms with Crippen molar-refractivity contribution < 1.29 is 4.79 Å². The van der Waals surface area contributed by atoms with Crippen LogP contribution in [0.4, 0.5) is 0 Å². The second-order valence-electron chi connectivity index (χ2n) is 5.15. The summed E-state index contributed by atoms with van der Waals surface area (Å²) in [6.07, 6.45) is 6.01. The molecule has 0 saturated heterocycles. The van der Waals surface area contributed by atoms with Gasteiger partial charge in [0.15, 0.2) is 0 Å². The Balaban J connectivity index is 1.97. The maximum absolute atomic E-state index is 11.0. The molecular weight excluding hydrogens is 224 g/mol. The SMILES string of the molecule is CC(=O)NN[C@@H]1CCCC[C@H](c2ccccc2)C1. The third-order valence-corrected chi connectivity index (χ3v) is 3.65. The smallest absolute Gasteiger partial charge is 0.230 e. The molecule has 0 radical (unpaired) electrons. The first kappa shape index (κ1) is 13.1. The van der Waals surface area contributed by atoms with Crippen molar-refractivity contribution in [2.75, 3.05) is 0 Å². The van der Waals surface area contributed by atoms with Gasteiger partial charge >= 0.3 is 0 Å². The predicted octanol–water partition coefficient (Wildman–Crippen LogP) is 2.74. The molecule has 0 spiro atoms. The molecule has 0 aromatic heterocycles. The van der Waals surface area contributed by atoms with E-state index < -0.39 is 0 Å². The van der Waals surface area contributed by atoms with Crippen LogP contribution in [0.1, 0.15) is 50.5 Å². The summed E-state index contributed by atoms with van der Waals surface area (Å²) in [5.74, 6) is 0.593. The van der Waals surface area contributed by atoms with E-state index in [-0.39, 0.29) is 5.91 Å². The van der Waals surface area contributed by atoms with E-state index in [1.165, 1.54) is 24.8 Å². The minimum Gasteiger partial charge on any atom is -0.292 e. The highest BCUT2D eigenvalue weighted by atomic mass is 16.2. The van der Waals surface area contributed by atoms with Gasteiger partial charge in [-0.2, -0.15) is 0 Å². The molecule has 2 N–H and O–H groups in total. The highest BCUT2D eigenvalue weighted by Gasteiger charge is 2.21. The number of hydrogen-bond acceptors (Lipinski definition) is 2. The molecule has 1 amide bonds. The summed E-state index contributed by atoms with van der Waals surface area (Å²) in [5, 5.41) is 0. The molecule has 2 atom stereocenters. The molecule has 0 heterocycles. The van der Waals surface area contributed by atoms with Gasteiger partial charge in [-0.15, -0.1) is 0 Å². The highest BCUT2D eigenvalue weighted by molar-refractivity contribution is 5.72. The monoisotopic (exact) mass is 246 g/mol. The number of amides is 1. The van der Waals surface area contributed by atoms with Crippen molar-refractivity contribution in [1.82, 2.24) is 10.9 Å². The van der Waals surface area contributed by atoms with Crippen molar-refractivity contribution in [3.63, 3.8) is 0 Å². The van der Waals surface area contributed by atoms with Gasteiger partial charge in [0.1, 0.15) is 0 Å². The van der Waals surface area contributed by atoms with Gasteiger partial charge in [-0.25, -0.2) is 5.43 Å². The van der Waals surface area contributed by atoms with Gasteiger partial charge in [0.05, 0.1) is 0 Å². The lowest BCUT2D eigenvalue weighted by atomic mass is 9.90. The fourth-order valence-electron chi connectivity index (χ4n) is 2.72. The summed E-state index contributed by atoms with van der Waals surface area (Å²) >= 11 is 0. The summed E-state index contributed by atoms with van der Waals surface area (Å²) < 4.78 is 0. The lowest BCUT2D eigenvalue weighted by molar-refractivity contribution is -0.120. The van der Waals surface area contributed by atoms with Gasteiger partial charge in [-0.3, -0.25) is 10.2 Å². The summed E-state index contributed by atoms with van der Waals surface area (Å²) in [6, 6.07) is 11.1. The first-order chi connectivity index (χ1) is 8.75. The Kier molecular flexibility index (Phi) is 4.76. The molecular formula is C15H22N2O. The Morgan fingerprint density at radius 1 is 1.17 bits per heavy atom. The van der Waals surface area contributed by atoms with E-state index in [2.05, 4.69) is 41.2 Å². The van der Waals surface area contributed by atoms with Crippen molar-refractivity contribution >= 4 is 5.91 Å². The quantitative estimate of drug-likeness (QED) is 0.636. The van der Waals surface area contributed by atoms with Gasteiger partial charge in [0.25, 0.3) is 0 Å². The zero-order chi connectivity index (χ0) is 12.8. The predicted molar refractivity (Wildman–Crippen MR) is 73.0 cm³/mol. The van der Waals surface area contributed by atoms with Crippen LogP contribution in [0.25, 0.3) is 0 Å². The molecule has 1 fully saturated rings. The van der Waals surface area contributed by atoms with Crippen molar-refractivity contribution in [1.29, 1.82) is 0 Å². The Labute approximate surface area is 109 Å². The normalized spacial score (nSPS) is 24.3. The third-order valence-electron chi connectivity index (χ3n) is 3.65. The van der Waals surface area contributed by atoms with Gasteiger partial charge in [-0.1, -0.05) is 43.2 Å². The van der Waals surface area contributed by atoms with E-state index in [4.69, 9.17) is 0 Å². The van der Waals surface area contributed by atoms with Crippen LogP contribution in [-0.2, 0) is 4.79 Å². The number of hydrazine groups is 1. The standard InChI is InChI=1S/C15H22N2O/c1-12(18)16-17-15-10-6-5-9-14(11-15)13-7-3-2-4-8-13/h2-4,7-8,14-15,17H,5-6,9-11H2,1H3,(H,16,18)/t14-,15+/m0/s1. The summed E-state index contributed by atoms with van der Waals surface area (Å²) in [6.45, 7) is 1.54. The van der Waals surface area contributed by atoms with Gasteiger partial charge in [-0.05, 0) is 30.7 Å². The lowest BCUT2D eigenvalue weighted by Crippen LogP contribution is -2.43. The Morgan fingerprint density at radius 2 is 1.89 bits per heavy atom. The molecule has 0 bridgehead atoms. The van der Waals surface area contributed by atoms with E-state index in [0.29, 0.717) is 12.0 Å². The van der Waals surface area contributed by atoms with Crippen LogP contribution in [0.2, 0.25) is 0 Å². The van der Waals surface area contributed by atoms with E-state index in [0.717, 1.165) is 12.8 Å². The van der Waals surface area contributed by atoms with Crippen LogP contribution in [-0.4, -0.2) is 11.9 Å². The van der Waals surface area contributed by atoms with Crippen molar-refractivity contribution in [3.8, 4) is 0 Å². The topological polar surface area (TPSA) is 41.1 Å². The van der Waals surface area contributed by atoms with Crippen LogP contribution in [0, 0.1) is 0 Å². The molecule has 1 saturated carbocycles. The zero-order valence-corrected chi connectivity index (χ0v) is 11.0. The van der Waals surface area contributed by atoms with E-state index in [9.17, 15) is 4.79 Å². The fraction of sp³-hybridized carbons (Fsp3) is 0.533.